The number of benzene rings is 1. The number of halogens is 1. The van der Waals surface area contributed by atoms with Crippen molar-refractivity contribution >= 4 is 30.2 Å². The van der Waals surface area contributed by atoms with E-state index in [9.17, 15) is 14.4 Å². The van der Waals surface area contributed by atoms with Gasteiger partial charge in [0.1, 0.15) is 5.82 Å². The minimum Gasteiger partial charge on any atom is -0.338 e. The van der Waals surface area contributed by atoms with Crippen LogP contribution in [0.3, 0.4) is 0 Å². The molecular weight excluding hydrogens is 508 g/mol. The average molecular weight is 547 g/mol. The van der Waals surface area contributed by atoms with Crippen LogP contribution < -0.4 is 27.8 Å². The van der Waals surface area contributed by atoms with Crippen LogP contribution in [-0.4, -0.2) is 81.6 Å². The summed E-state index contributed by atoms with van der Waals surface area (Å²) in [5, 5.41) is 6.25. The van der Waals surface area contributed by atoms with Gasteiger partial charge in [-0.2, -0.15) is 4.98 Å². The van der Waals surface area contributed by atoms with Crippen molar-refractivity contribution in [3.63, 3.8) is 0 Å². The van der Waals surface area contributed by atoms with Crippen molar-refractivity contribution in [1.29, 1.82) is 0 Å². The number of hydrogen-bond acceptors (Lipinski definition) is 7. The highest BCUT2D eigenvalue weighted by atomic mass is 35.5. The SMILES string of the molecule is CC(C)(N)C(=O)N1CCN(C(=O)Nc2ccn(-c3ccc(CCN[C@@H]4CC[C@H](N)C4)cc3)c(=O)n2)CC1.Cl. The van der Waals surface area contributed by atoms with E-state index in [0.29, 0.717) is 44.0 Å². The molecule has 208 valence electrons. The summed E-state index contributed by atoms with van der Waals surface area (Å²) in [5.74, 6) is 0.0407. The number of carbonyl (C=O) groups is 2. The van der Waals surface area contributed by atoms with Gasteiger partial charge in [0.15, 0.2) is 0 Å². The molecule has 2 aromatic rings. The van der Waals surface area contributed by atoms with Crippen molar-refractivity contribution in [1.82, 2.24) is 24.7 Å². The molecule has 4 rings (SSSR count). The van der Waals surface area contributed by atoms with Crippen LogP contribution in [0, 0.1) is 0 Å². The summed E-state index contributed by atoms with van der Waals surface area (Å²) in [7, 11) is 0. The lowest BCUT2D eigenvalue weighted by molar-refractivity contribution is -0.137. The van der Waals surface area contributed by atoms with Gasteiger partial charge in [0.2, 0.25) is 5.91 Å². The molecule has 2 heterocycles. The van der Waals surface area contributed by atoms with Crippen LogP contribution in [-0.2, 0) is 11.2 Å². The van der Waals surface area contributed by atoms with Gasteiger partial charge in [0, 0.05) is 44.5 Å². The molecule has 1 aromatic carbocycles. The fourth-order valence-electron chi connectivity index (χ4n) is 4.82. The Morgan fingerprint density at radius 3 is 2.29 bits per heavy atom. The second-order valence-corrected chi connectivity index (χ2v) is 10.5. The second kappa shape index (κ2) is 12.7. The molecule has 0 bridgehead atoms. The van der Waals surface area contributed by atoms with Crippen molar-refractivity contribution in [3.8, 4) is 5.69 Å². The highest BCUT2D eigenvalue weighted by Gasteiger charge is 2.31. The predicted molar refractivity (Wildman–Crippen MR) is 150 cm³/mol. The first-order valence-corrected chi connectivity index (χ1v) is 12.9. The zero-order valence-electron chi connectivity index (χ0n) is 22.1. The van der Waals surface area contributed by atoms with Crippen molar-refractivity contribution in [2.24, 2.45) is 11.5 Å². The maximum Gasteiger partial charge on any atom is 0.354 e. The average Bonchev–Trinajstić information content (AvgIpc) is 3.28. The third kappa shape index (κ3) is 7.53. The molecule has 38 heavy (non-hydrogen) atoms. The van der Waals surface area contributed by atoms with Crippen LogP contribution >= 0.6 is 12.4 Å². The molecule has 1 aromatic heterocycles. The highest BCUT2D eigenvalue weighted by molar-refractivity contribution is 5.89. The molecule has 1 aliphatic heterocycles. The van der Waals surface area contributed by atoms with Crippen LogP contribution in [0.25, 0.3) is 5.69 Å². The molecule has 3 amide bonds. The summed E-state index contributed by atoms with van der Waals surface area (Å²) in [5.41, 5.74) is 12.3. The highest BCUT2D eigenvalue weighted by Crippen LogP contribution is 2.17. The summed E-state index contributed by atoms with van der Waals surface area (Å²) < 4.78 is 1.44. The van der Waals surface area contributed by atoms with E-state index in [1.165, 1.54) is 10.1 Å². The number of nitrogens with one attached hydrogen (secondary N) is 2. The number of aromatic nitrogens is 2. The van der Waals surface area contributed by atoms with Crippen LogP contribution in [0.1, 0.15) is 38.7 Å². The standard InChI is InChI=1S/C26H38N8O3.ClH/c1-26(2,28)23(35)32-13-15-33(16-14-32)24(36)30-22-10-12-34(25(37)31-22)21-7-3-18(4-8-21)9-11-29-20-6-5-19(27)17-20;/h3-4,7-8,10,12,19-20,29H,5-6,9,11,13-17,27-28H2,1-2H3,(H,30,31,36,37);1H/t19-,20+;/m0./s1. The van der Waals surface area contributed by atoms with Gasteiger partial charge in [0.25, 0.3) is 0 Å². The second-order valence-electron chi connectivity index (χ2n) is 10.5. The summed E-state index contributed by atoms with van der Waals surface area (Å²) in [6, 6.07) is 9.87. The predicted octanol–water partition coefficient (Wildman–Crippen LogP) is 1.08. The molecule has 1 saturated carbocycles. The Morgan fingerprint density at radius 1 is 1.05 bits per heavy atom. The van der Waals surface area contributed by atoms with Gasteiger partial charge in [0.05, 0.1) is 11.2 Å². The number of hydrogen-bond donors (Lipinski definition) is 4. The van der Waals surface area contributed by atoms with Gasteiger partial charge >= 0.3 is 11.7 Å². The van der Waals surface area contributed by atoms with Crippen molar-refractivity contribution in [2.45, 2.75) is 57.2 Å². The molecule has 0 radical (unpaired) electrons. The first-order chi connectivity index (χ1) is 17.6. The maximum absolute atomic E-state index is 12.7. The van der Waals surface area contributed by atoms with Gasteiger partial charge < -0.3 is 26.6 Å². The largest absolute Gasteiger partial charge is 0.354 e. The first kappa shape index (κ1) is 29.6. The molecule has 6 N–H and O–H groups in total. The molecule has 12 heteroatoms. The Hall–Kier alpha value is -2.99. The Balaban J connectivity index is 0.00000400. The van der Waals surface area contributed by atoms with E-state index in [1.54, 1.807) is 35.9 Å². The number of nitrogens with zero attached hydrogens (tertiary/aromatic N) is 4. The van der Waals surface area contributed by atoms with Crippen LogP contribution in [0.15, 0.2) is 41.3 Å². The minimum atomic E-state index is -0.945. The number of carbonyl (C=O) groups excluding carboxylic acids is 2. The van der Waals surface area contributed by atoms with E-state index in [4.69, 9.17) is 11.5 Å². The monoisotopic (exact) mass is 546 g/mol. The summed E-state index contributed by atoms with van der Waals surface area (Å²) in [6.45, 7) is 5.79. The normalized spacial score (nSPS) is 19.7. The van der Waals surface area contributed by atoms with Crippen molar-refractivity contribution in [2.75, 3.05) is 38.0 Å². The lowest BCUT2D eigenvalue weighted by atomic mass is 10.1. The Bertz CT molecular complexity index is 1160. The zero-order valence-corrected chi connectivity index (χ0v) is 22.9. The molecule has 2 atom stereocenters. The molecule has 0 unspecified atom stereocenters. The number of piperazine rings is 1. The molecule has 11 nitrogen and oxygen atoms in total. The maximum atomic E-state index is 12.7. The van der Waals surface area contributed by atoms with E-state index in [2.05, 4.69) is 15.6 Å². The minimum absolute atomic E-state index is 0. The van der Waals surface area contributed by atoms with E-state index in [-0.39, 0.29) is 30.2 Å². The number of anilines is 1. The molecule has 2 fully saturated rings. The van der Waals surface area contributed by atoms with Crippen LogP contribution in [0.4, 0.5) is 10.6 Å². The molecule has 1 saturated heterocycles. The van der Waals surface area contributed by atoms with Crippen molar-refractivity contribution < 1.29 is 9.59 Å². The van der Waals surface area contributed by atoms with E-state index in [0.717, 1.165) is 32.2 Å². The molecule has 1 aliphatic carbocycles. The van der Waals surface area contributed by atoms with Crippen molar-refractivity contribution in [3.05, 3.63) is 52.6 Å². The third-order valence-electron chi connectivity index (χ3n) is 6.98. The van der Waals surface area contributed by atoms with E-state index < -0.39 is 11.2 Å². The lowest BCUT2D eigenvalue weighted by Gasteiger charge is -2.37. The topological polar surface area (TPSA) is 152 Å². The van der Waals surface area contributed by atoms with E-state index >= 15 is 0 Å². The molecule has 0 spiro atoms. The number of urea groups is 1. The fraction of sp³-hybridized carbons (Fsp3) is 0.538. The van der Waals surface area contributed by atoms with E-state index in [1.807, 2.05) is 24.3 Å². The van der Waals surface area contributed by atoms with Gasteiger partial charge in [-0.3, -0.25) is 14.7 Å². The summed E-state index contributed by atoms with van der Waals surface area (Å²) in [6.07, 6.45) is 5.76. The first-order valence-electron chi connectivity index (χ1n) is 12.9. The summed E-state index contributed by atoms with van der Waals surface area (Å²) in [4.78, 5) is 44.9. The number of amides is 3. The Morgan fingerprint density at radius 2 is 1.71 bits per heavy atom. The Labute approximate surface area is 229 Å². The summed E-state index contributed by atoms with van der Waals surface area (Å²) >= 11 is 0. The van der Waals surface area contributed by atoms with Gasteiger partial charge in [-0.25, -0.2) is 9.59 Å². The third-order valence-corrected chi connectivity index (χ3v) is 6.98. The van der Waals surface area contributed by atoms with Gasteiger partial charge in [-0.1, -0.05) is 12.1 Å². The van der Waals surface area contributed by atoms with Crippen LogP contribution in [0.2, 0.25) is 0 Å². The lowest BCUT2D eigenvalue weighted by Crippen LogP contribution is -2.58. The quantitative estimate of drug-likeness (QED) is 0.405. The smallest absolute Gasteiger partial charge is 0.338 e. The van der Waals surface area contributed by atoms with Gasteiger partial charge in [-0.15, -0.1) is 12.4 Å². The van der Waals surface area contributed by atoms with Gasteiger partial charge in [-0.05, 0) is 69.8 Å². The molecular formula is C26H39ClN8O3. The molecule has 2 aliphatic rings. The number of rotatable bonds is 7. The van der Waals surface area contributed by atoms with Crippen LogP contribution in [0.5, 0.6) is 0 Å². The Kier molecular flexibility index (Phi) is 9.88. The number of nitrogens with two attached hydrogens (primary N) is 2. The fourth-order valence-corrected chi connectivity index (χ4v) is 4.82. The zero-order chi connectivity index (χ0) is 26.6.